The number of rotatable bonds is 6. The molecule has 1 amide bonds. The summed E-state index contributed by atoms with van der Waals surface area (Å²) in [5.74, 6) is 0.545. The number of hydrogen-bond acceptors (Lipinski definition) is 7. The van der Waals surface area contributed by atoms with Gasteiger partial charge in [-0.2, -0.15) is 0 Å². The Hall–Kier alpha value is -2.91. The Morgan fingerprint density at radius 2 is 2.03 bits per heavy atom. The lowest BCUT2D eigenvalue weighted by atomic mass is 10.2. The third kappa shape index (κ3) is 3.90. The molecule has 1 unspecified atom stereocenters. The van der Waals surface area contributed by atoms with Crippen molar-refractivity contribution < 1.29 is 9.53 Å². The molecule has 0 bridgehead atoms. The van der Waals surface area contributed by atoms with Crippen molar-refractivity contribution in [3.63, 3.8) is 0 Å². The van der Waals surface area contributed by atoms with Gasteiger partial charge in [-0.05, 0) is 44.2 Å². The summed E-state index contributed by atoms with van der Waals surface area (Å²) >= 11 is 2.65. The number of aromatic nitrogens is 3. The van der Waals surface area contributed by atoms with Crippen LogP contribution >= 0.6 is 23.1 Å². The van der Waals surface area contributed by atoms with Crippen LogP contribution in [0.2, 0.25) is 0 Å². The minimum Gasteiger partial charge on any atom is -0.497 e. The zero-order valence-corrected chi connectivity index (χ0v) is 18.3. The number of carbonyl (C=O) groups is 1. The molecule has 0 saturated carbocycles. The van der Waals surface area contributed by atoms with Crippen LogP contribution in [0.1, 0.15) is 13.8 Å². The third-order valence-electron chi connectivity index (χ3n) is 4.62. The second kappa shape index (κ2) is 8.45. The van der Waals surface area contributed by atoms with Gasteiger partial charge in [-0.15, -0.1) is 0 Å². The van der Waals surface area contributed by atoms with Crippen molar-refractivity contribution in [2.45, 2.75) is 30.8 Å². The molecule has 4 aromatic rings. The molecule has 154 valence electrons. The van der Waals surface area contributed by atoms with Crippen LogP contribution in [0.25, 0.3) is 21.1 Å². The first-order valence-electron chi connectivity index (χ1n) is 9.42. The molecule has 2 aromatic heterocycles. The fraction of sp³-hybridized carbons (Fsp3) is 0.238. The average molecular weight is 441 g/mol. The topological polar surface area (TPSA) is 86.1 Å². The lowest BCUT2D eigenvalue weighted by molar-refractivity contribution is -0.115. The number of amides is 1. The summed E-state index contributed by atoms with van der Waals surface area (Å²) in [6.07, 6.45) is 0. The third-order valence-corrected chi connectivity index (χ3v) is 6.64. The van der Waals surface area contributed by atoms with Crippen LogP contribution in [0.4, 0.5) is 5.13 Å². The summed E-state index contributed by atoms with van der Waals surface area (Å²) in [7, 11) is 1.61. The minimum absolute atomic E-state index is 0.0988. The zero-order valence-electron chi connectivity index (χ0n) is 16.7. The fourth-order valence-electron chi connectivity index (χ4n) is 3.02. The summed E-state index contributed by atoms with van der Waals surface area (Å²) in [4.78, 5) is 34.6. The molecule has 0 aliphatic rings. The lowest BCUT2D eigenvalue weighted by Gasteiger charge is -2.14. The van der Waals surface area contributed by atoms with Gasteiger partial charge in [0.2, 0.25) is 5.91 Å². The van der Waals surface area contributed by atoms with Gasteiger partial charge in [0.15, 0.2) is 10.3 Å². The summed E-state index contributed by atoms with van der Waals surface area (Å²) in [6, 6.07) is 12.8. The Balaban J connectivity index is 1.56. The Morgan fingerprint density at radius 3 is 2.80 bits per heavy atom. The van der Waals surface area contributed by atoms with Crippen molar-refractivity contribution in [1.82, 2.24) is 14.5 Å². The molecule has 2 heterocycles. The number of fused-ring (bicyclic) bond motifs is 2. The van der Waals surface area contributed by atoms with E-state index in [-0.39, 0.29) is 11.5 Å². The highest BCUT2D eigenvalue weighted by Crippen LogP contribution is 2.30. The maximum Gasteiger partial charge on any atom is 0.262 e. The highest BCUT2D eigenvalue weighted by Gasteiger charge is 2.20. The van der Waals surface area contributed by atoms with Crippen LogP contribution in [0, 0.1) is 0 Å². The van der Waals surface area contributed by atoms with E-state index in [9.17, 15) is 9.59 Å². The Labute approximate surface area is 181 Å². The van der Waals surface area contributed by atoms with Gasteiger partial charge < -0.3 is 10.1 Å². The largest absolute Gasteiger partial charge is 0.497 e. The monoisotopic (exact) mass is 440 g/mol. The van der Waals surface area contributed by atoms with Gasteiger partial charge in [0.1, 0.15) is 5.75 Å². The van der Waals surface area contributed by atoms with Crippen molar-refractivity contribution in [2.24, 2.45) is 0 Å². The number of para-hydroxylation sites is 1. The van der Waals surface area contributed by atoms with Crippen LogP contribution < -0.4 is 15.6 Å². The van der Waals surface area contributed by atoms with Crippen molar-refractivity contribution >= 4 is 55.3 Å². The number of benzene rings is 2. The van der Waals surface area contributed by atoms with Gasteiger partial charge in [-0.1, -0.05) is 35.2 Å². The molecular formula is C21H20N4O3S2. The number of anilines is 1. The first-order valence-corrected chi connectivity index (χ1v) is 11.1. The van der Waals surface area contributed by atoms with E-state index in [1.54, 1.807) is 30.7 Å². The lowest BCUT2D eigenvalue weighted by Crippen LogP contribution is -2.26. The van der Waals surface area contributed by atoms with Crippen LogP contribution in [0.15, 0.2) is 52.4 Å². The number of thioether (sulfide) groups is 1. The van der Waals surface area contributed by atoms with Crippen LogP contribution in [0.5, 0.6) is 5.75 Å². The van der Waals surface area contributed by atoms with Crippen molar-refractivity contribution in [3.05, 3.63) is 52.8 Å². The molecule has 0 fully saturated rings. The first kappa shape index (κ1) is 20.4. The molecule has 9 heteroatoms. The summed E-state index contributed by atoms with van der Waals surface area (Å²) in [5, 5.41) is 4.03. The average Bonchev–Trinajstić information content (AvgIpc) is 3.15. The summed E-state index contributed by atoms with van der Waals surface area (Å²) in [6.45, 7) is 4.16. The van der Waals surface area contributed by atoms with E-state index in [0.717, 1.165) is 16.0 Å². The molecule has 1 N–H and O–H groups in total. The van der Waals surface area contributed by atoms with Crippen LogP contribution in [-0.4, -0.2) is 32.8 Å². The van der Waals surface area contributed by atoms with Crippen molar-refractivity contribution in [2.75, 3.05) is 12.4 Å². The Bertz CT molecular complexity index is 1300. The number of nitrogens with zero attached hydrogens (tertiary/aromatic N) is 3. The molecule has 4 rings (SSSR count). The maximum atomic E-state index is 12.8. The molecule has 1 atom stereocenters. The molecule has 0 radical (unpaired) electrons. The molecule has 30 heavy (non-hydrogen) atoms. The van der Waals surface area contributed by atoms with E-state index in [4.69, 9.17) is 4.74 Å². The molecule has 0 aliphatic heterocycles. The highest BCUT2D eigenvalue weighted by molar-refractivity contribution is 8.00. The number of methoxy groups -OCH3 is 1. The molecule has 0 spiro atoms. The maximum absolute atomic E-state index is 12.8. The predicted molar refractivity (Wildman–Crippen MR) is 122 cm³/mol. The van der Waals surface area contributed by atoms with Gasteiger partial charge in [-0.3, -0.25) is 14.2 Å². The number of hydrogen-bond donors (Lipinski definition) is 1. The molecule has 2 aromatic carbocycles. The van der Waals surface area contributed by atoms with Gasteiger partial charge in [0.05, 0.1) is 33.5 Å². The van der Waals surface area contributed by atoms with E-state index in [1.165, 1.54) is 23.1 Å². The normalized spacial score (nSPS) is 12.2. The molecular weight excluding hydrogens is 420 g/mol. The number of ether oxygens (including phenoxy) is 1. The number of thiazole rings is 1. The van der Waals surface area contributed by atoms with E-state index >= 15 is 0 Å². The standard InChI is InChI=1S/C21H20N4O3S2/c1-4-25-19(27)14-7-5-6-8-15(14)23-21(25)29-12(2)18(26)24-20-22-16-10-9-13(28-3)11-17(16)30-20/h5-12H,4H2,1-3H3,(H,22,24,26). The molecule has 7 nitrogen and oxygen atoms in total. The highest BCUT2D eigenvalue weighted by atomic mass is 32.2. The van der Waals surface area contributed by atoms with E-state index in [1.807, 2.05) is 37.3 Å². The van der Waals surface area contributed by atoms with E-state index in [2.05, 4.69) is 15.3 Å². The summed E-state index contributed by atoms with van der Waals surface area (Å²) in [5.41, 5.74) is 1.33. The molecule has 0 aliphatic carbocycles. The minimum atomic E-state index is -0.461. The Morgan fingerprint density at radius 1 is 1.23 bits per heavy atom. The summed E-state index contributed by atoms with van der Waals surface area (Å²) < 4.78 is 7.76. The van der Waals surface area contributed by atoms with Gasteiger partial charge >= 0.3 is 0 Å². The molecule has 0 saturated heterocycles. The smallest absolute Gasteiger partial charge is 0.262 e. The first-order chi connectivity index (χ1) is 14.5. The fourth-order valence-corrected chi connectivity index (χ4v) is 4.89. The Kier molecular flexibility index (Phi) is 5.74. The second-order valence-corrected chi connectivity index (χ2v) is 8.90. The van der Waals surface area contributed by atoms with Crippen molar-refractivity contribution in [1.29, 1.82) is 0 Å². The number of nitrogens with one attached hydrogen (secondary N) is 1. The van der Waals surface area contributed by atoms with Gasteiger partial charge in [-0.25, -0.2) is 9.97 Å². The number of carbonyl (C=O) groups excluding carboxylic acids is 1. The van der Waals surface area contributed by atoms with Gasteiger partial charge in [0, 0.05) is 6.54 Å². The SMILES string of the molecule is CCn1c(SC(C)C(=O)Nc2nc3ccc(OC)cc3s2)nc2ccccc2c1=O. The quantitative estimate of drug-likeness (QED) is 0.358. The van der Waals surface area contributed by atoms with Crippen LogP contribution in [-0.2, 0) is 11.3 Å². The second-order valence-electron chi connectivity index (χ2n) is 6.56. The zero-order chi connectivity index (χ0) is 21.3. The van der Waals surface area contributed by atoms with Crippen LogP contribution in [0.3, 0.4) is 0 Å². The predicted octanol–water partition coefficient (Wildman–Crippen LogP) is 4.15. The van der Waals surface area contributed by atoms with E-state index < -0.39 is 5.25 Å². The van der Waals surface area contributed by atoms with E-state index in [0.29, 0.717) is 27.7 Å². The van der Waals surface area contributed by atoms with Gasteiger partial charge in [0.25, 0.3) is 5.56 Å². The van der Waals surface area contributed by atoms with Crippen molar-refractivity contribution in [3.8, 4) is 5.75 Å².